The van der Waals surface area contributed by atoms with E-state index in [9.17, 15) is 14.7 Å². The van der Waals surface area contributed by atoms with E-state index in [1.165, 1.54) is 5.69 Å². The molecule has 3 aliphatic heterocycles. The summed E-state index contributed by atoms with van der Waals surface area (Å²) in [5.41, 5.74) is 3.67. The van der Waals surface area contributed by atoms with Crippen LogP contribution in [0.5, 0.6) is 5.75 Å². The molecule has 0 spiro atoms. The molecule has 3 atom stereocenters. The number of carbonyl (C=O) groups excluding carboxylic acids is 2. The molecule has 2 bridgehead atoms. The third-order valence-corrected chi connectivity index (χ3v) is 8.50. The molecule has 0 unspecified atom stereocenters. The topological polar surface area (TPSA) is 102 Å². The molecule has 2 aromatic carbocycles. The van der Waals surface area contributed by atoms with Crippen molar-refractivity contribution in [2.45, 2.75) is 44.7 Å². The maximum Gasteiger partial charge on any atom is 0.237 e. The zero-order valence-electron chi connectivity index (χ0n) is 23.0. The van der Waals surface area contributed by atoms with Crippen molar-refractivity contribution in [3.63, 3.8) is 0 Å². The number of nitrogens with one attached hydrogen (secondary N) is 1. The van der Waals surface area contributed by atoms with E-state index < -0.39 is 0 Å². The number of phenols is 1. The number of piperazine rings is 1. The van der Waals surface area contributed by atoms with Gasteiger partial charge in [0.1, 0.15) is 5.75 Å². The summed E-state index contributed by atoms with van der Waals surface area (Å²) < 4.78 is 0. The van der Waals surface area contributed by atoms with Crippen molar-refractivity contribution < 1.29 is 14.7 Å². The largest absolute Gasteiger partial charge is 0.508 e. The second kappa shape index (κ2) is 10.9. The van der Waals surface area contributed by atoms with Gasteiger partial charge in [-0.25, -0.2) is 9.97 Å². The van der Waals surface area contributed by atoms with Gasteiger partial charge in [-0.15, -0.1) is 0 Å². The number of aromatic nitrogens is 2. The summed E-state index contributed by atoms with van der Waals surface area (Å²) in [6.07, 6.45) is 5.22. The first kappa shape index (κ1) is 26.3. The number of amides is 2. The molecule has 0 aliphatic carbocycles. The summed E-state index contributed by atoms with van der Waals surface area (Å²) in [6, 6.07) is 15.9. The van der Waals surface area contributed by atoms with Crippen molar-refractivity contribution in [2.24, 2.45) is 5.92 Å². The Balaban J connectivity index is 0.998. The van der Waals surface area contributed by atoms with Gasteiger partial charge in [0.05, 0.1) is 18.5 Å². The van der Waals surface area contributed by atoms with E-state index in [2.05, 4.69) is 49.4 Å². The Kier molecular flexibility index (Phi) is 7.14. The Morgan fingerprint density at radius 1 is 1.02 bits per heavy atom. The van der Waals surface area contributed by atoms with E-state index in [0.717, 1.165) is 49.4 Å². The quantitative estimate of drug-likeness (QED) is 0.441. The number of rotatable bonds is 7. The average Bonchev–Trinajstić information content (AvgIpc) is 3.71. The van der Waals surface area contributed by atoms with Crippen molar-refractivity contribution in [1.82, 2.24) is 19.8 Å². The molecule has 9 heteroatoms. The molecule has 2 amide bonds. The van der Waals surface area contributed by atoms with Crippen LogP contribution in [0.2, 0.25) is 0 Å². The molecule has 0 radical (unpaired) electrons. The Morgan fingerprint density at radius 3 is 2.50 bits per heavy atom. The number of anilines is 2. The number of carbonyl (C=O) groups is 2. The second-order valence-electron chi connectivity index (χ2n) is 11.5. The van der Waals surface area contributed by atoms with E-state index in [4.69, 9.17) is 0 Å². The molecule has 9 nitrogen and oxygen atoms in total. The van der Waals surface area contributed by atoms with Crippen LogP contribution in [0.4, 0.5) is 11.4 Å². The van der Waals surface area contributed by atoms with Crippen LogP contribution in [0.3, 0.4) is 0 Å². The maximum atomic E-state index is 13.3. The van der Waals surface area contributed by atoms with E-state index in [-0.39, 0.29) is 35.4 Å². The molecule has 3 aliphatic rings. The lowest BCUT2D eigenvalue weighted by Gasteiger charge is -2.36. The fourth-order valence-corrected chi connectivity index (χ4v) is 6.35. The molecule has 2 N–H and O–H groups in total. The minimum absolute atomic E-state index is 0.0314. The number of benzene rings is 2. The third kappa shape index (κ3) is 5.25. The Bertz CT molecular complexity index is 1380. The first-order chi connectivity index (χ1) is 19.4. The van der Waals surface area contributed by atoms with E-state index in [1.54, 1.807) is 24.5 Å². The average molecular weight is 541 g/mol. The zero-order valence-corrected chi connectivity index (χ0v) is 23.0. The zero-order chi connectivity index (χ0) is 27.8. The maximum absolute atomic E-state index is 13.3. The van der Waals surface area contributed by atoms with Gasteiger partial charge in [0.25, 0.3) is 0 Å². The highest BCUT2D eigenvalue weighted by Crippen LogP contribution is 2.35. The van der Waals surface area contributed by atoms with Crippen LogP contribution in [0, 0.1) is 5.92 Å². The molecule has 6 rings (SSSR count). The van der Waals surface area contributed by atoms with Gasteiger partial charge in [0, 0.05) is 55.0 Å². The Labute approximate surface area is 234 Å². The van der Waals surface area contributed by atoms with Gasteiger partial charge in [-0.05, 0) is 79.4 Å². The fourth-order valence-electron chi connectivity index (χ4n) is 6.35. The summed E-state index contributed by atoms with van der Waals surface area (Å²) in [7, 11) is 0. The van der Waals surface area contributed by atoms with Crippen molar-refractivity contribution in [3.8, 4) is 17.1 Å². The smallest absolute Gasteiger partial charge is 0.237 e. The molecule has 0 saturated carbocycles. The normalized spacial score (nSPS) is 22.3. The molecule has 208 valence electrons. The third-order valence-electron chi connectivity index (χ3n) is 8.50. The molecule has 40 heavy (non-hydrogen) atoms. The van der Waals surface area contributed by atoms with Crippen LogP contribution in [-0.2, 0) is 9.59 Å². The lowest BCUT2D eigenvalue weighted by molar-refractivity contribution is -0.133. The van der Waals surface area contributed by atoms with Gasteiger partial charge >= 0.3 is 0 Å². The number of nitrogens with zero attached hydrogens (tertiary/aromatic N) is 5. The van der Waals surface area contributed by atoms with Gasteiger partial charge < -0.3 is 20.2 Å². The molecule has 3 saturated heterocycles. The number of likely N-dealkylation sites (tertiary alicyclic amines) is 2. The number of hydrogen-bond donors (Lipinski definition) is 2. The predicted octanol–water partition coefficient (Wildman–Crippen LogP) is 3.72. The van der Waals surface area contributed by atoms with Crippen molar-refractivity contribution in [1.29, 1.82) is 0 Å². The highest BCUT2D eigenvalue weighted by atomic mass is 16.3. The Morgan fingerprint density at radius 2 is 1.80 bits per heavy atom. The lowest BCUT2D eigenvalue weighted by atomic mass is 10.0. The van der Waals surface area contributed by atoms with E-state index in [1.807, 2.05) is 30.9 Å². The van der Waals surface area contributed by atoms with E-state index in [0.29, 0.717) is 24.8 Å². The summed E-state index contributed by atoms with van der Waals surface area (Å²) in [4.78, 5) is 41.4. The van der Waals surface area contributed by atoms with Gasteiger partial charge in [0.2, 0.25) is 11.8 Å². The molecule has 3 fully saturated rings. The SMILES string of the molecule is CC(C)c1cc(NC(=O)[C@@H]2CCN(CC(=O)N3C[C@H]4C[C@@H]3CN4c3ccc(-c4ncccn4)cc3)C2)ccc1O. The number of fused-ring (bicyclic) bond motifs is 2. The predicted molar refractivity (Wildman–Crippen MR) is 154 cm³/mol. The van der Waals surface area contributed by atoms with Crippen LogP contribution in [0.1, 0.15) is 38.2 Å². The summed E-state index contributed by atoms with van der Waals surface area (Å²) >= 11 is 0. The van der Waals surface area contributed by atoms with Crippen LogP contribution in [0.15, 0.2) is 60.9 Å². The molecule has 3 aromatic rings. The van der Waals surface area contributed by atoms with Crippen molar-refractivity contribution in [3.05, 3.63) is 66.5 Å². The van der Waals surface area contributed by atoms with Crippen LogP contribution >= 0.6 is 0 Å². The van der Waals surface area contributed by atoms with Crippen LogP contribution in [-0.4, -0.2) is 81.5 Å². The summed E-state index contributed by atoms with van der Waals surface area (Å²) in [5.74, 6) is 1.09. The number of phenolic OH excluding ortho intramolecular Hbond substituents is 1. The fraction of sp³-hybridized carbons (Fsp3) is 0.419. The lowest BCUT2D eigenvalue weighted by Crippen LogP contribution is -2.51. The van der Waals surface area contributed by atoms with Gasteiger partial charge in [-0.1, -0.05) is 13.8 Å². The Hall–Kier alpha value is -3.98. The highest BCUT2D eigenvalue weighted by Gasteiger charge is 2.45. The van der Waals surface area contributed by atoms with Gasteiger partial charge in [-0.2, -0.15) is 0 Å². The molecular weight excluding hydrogens is 504 g/mol. The number of aromatic hydroxyl groups is 1. The number of hydrogen-bond acceptors (Lipinski definition) is 7. The summed E-state index contributed by atoms with van der Waals surface area (Å²) in [5, 5.41) is 13.1. The second-order valence-corrected chi connectivity index (χ2v) is 11.5. The molecule has 1 aromatic heterocycles. The minimum Gasteiger partial charge on any atom is -0.508 e. The standard InChI is InChI=1S/C31H36N6O3/c1-20(2)27-14-23(6-9-28(27)38)34-31(40)22-10-13-35(16-22)19-29(39)37-18-25-15-26(37)17-36(25)24-7-4-21(5-8-24)30-32-11-3-12-33-30/h3-9,11-12,14,20,22,25-26,38H,10,13,15-19H2,1-2H3,(H,34,40)/t22-,25-,26-/m1/s1. The first-order valence-corrected chi connectivity index (χ1v) is 14.2. The van der Waals surface area contributed by atoms with Gasteiger partial charge in [-0.3, -0.25) is 14.5 Å². The molecule has 4 heterocycles. The highest BCUT2D eigenvalue weighted by molar-refractivity contribution is 5.93. The van der Waals surface area contributed by atoms with Gasteiger partial charge in [0.15, 0.2) is 5.82 Å². The first-order valence-electron chi connectivity index (χ1n) is 14.2. The van der Waals surface area contributed by atoms with Crippen molar-refractivity contribution >= 4 is 23.2 Å². The summed E-state index contributed by atoms with van der Waals surface area (Å²) in [6.45, 7) is 7.28. The molecular formula is C31H36N6O3. The van der Waals surface area contributed by atoms with E-state index >= 15 is 0 Å². The van der Waals surface area contributed by atoms with Crippen LogP contribution in [0.25, 0.3) is 11.4 Å². The van der Waals surface area contributed by atoms with Crippen molar-refractivity contribution in [2.75, 3.05) is 42.9 Å². The minimum atomic E-state index is -0.154. The van der Waals surface area contributed by atoms with Crippen LogP contribution < -0.4 is 10.2 Å². The monoisotopic (exact) mass is 540 g/mol.